The van der Waals surface area contributed by atoms with Gasteiger partial charge in [-0.15, -0.1) is 0 Å². The highest BCUT2D eigenvalue weighted by molar-refractivity contribution is 7.80. The van der Waals surface area contributed by atoms with Crippen molar-refractivity contribution in [1.82, 2.24) is 9.78 Å². The SMILES string of the molecule is NC(=S)C(Cn1ccc(C(F)(F)F)n1)c1ccccc1. The lowest BCUT2D eigenvalue weighted by atomic mass is 9.99. The summed E-state index contributed by atoms with van der Waals surface area (Å²) in [6, 6.07) is 10.1. The summed E-state index contributed by atoms with van der Waals surface area (Å²) < 4.78 is 38.7. The minimum atomic E-state index is -4.45. The van der Waals surface area contributed by atoms with E-state index in [9.17, 15) is 13.2 Å². The molecule has 0 fully saturated rings. The first-order valence-electron chi connectivity index (χ1n) is 5.83. The number of hydrogen-bond donors (Lipinski definition) is 1. The van der Waals surface area contributed by atoms with Crippen molar-refractivity contribution in [3.05, 3.63) is 53.9 Å². The molecule has 1 atom stereocenters. The molecule has 0 aliphatic rings. The quantitative estimate of drug-likeness (QED) is 0.883. The Morgan fingerprint density at radius 3 is 2.40 bits per heavy atom. The van der Waals surface area contributed by atoms with Gasteiger partial charge in [0.25, 0.3) is 0 Å². The molecule has 2 rings (SSSR count). The number of nitrogens with zero attached hydrogens (tertiary/aromatic N) is 2. The lowest BCUT2D eigenvalue weighted by Gasteiger charge is -2.16. The molecule has 0 amide bonds. The summed E-state index contributed by atoms with van der Waals surface area (Å²) in [5.41, 5.74) is 5.60. The number of nitrogens with two attached hydrogens (primary N) is 1. The predicted molar refractivity (Wildman–Crippen MR) is 73.2 cm³/mol. The van der Waals surface area contributed by atoms with E-state index in [0.717, 1.165) is 11.6 Å². The van der Waals surface area contributed by atoms with Gasteiger partial charge in [-0.05, 0) is 11.6 Å². The summed E-state index contributed by atoms with van der Waals surface area (Å²) in [5, 5.41) is 3.51. The Hall–Kier alpha value is -1.89. The highest BCUT2D eigenvalue weighted by Crippen LogP contribution is 2.27. The Bertz CT molecular complexity index is 592. The van der Waals surface area contributed by atoms with E-state index in [1.807, 2.05) is 30.3 Å². The highest BCUT2D eigenvalue weighted by Gasteiger charge is 2.33. The minimum Gasteiger partial charge on any atom is -0.393 e. The number of rotatable bonds is 4. The van der Waals surface area contributed by atoms with E-state index in [-0.39, 0.29) is 17.5 Å². The van der Waals surface area contributed by atoms with Gasteiger partial charge in [0.2, 0.25) is 0 Å². The molecule has 106 valence electrons. The van der Waals surface area contributed by atoms with Crippen LogP contribution in [-0.2, 0) is 12.7 Å². The Morgan fingerprint density at radius 1 is 1.25 bits per heavy atom. The van der Waals surface area contributed by atoms with Crippen molar-refractivity contribution in [2.75, 3.05) is 0 Å². The topological polar surface area (TPSA) is 43.8 Å². The largest absolute Gasteiger partial charge is 0.435 e. The van der Waals surface area contributed by atoms with Crippen LogP contribution in [0, 0.1) is 0 Å². The van der Waals surface area contributed by atoms with Gasteiger partial charge < -0.3 is 5.73 Å². The summed E-state index contributed by atoms with van der Waals surface area (Å²) in [6.07, 6.45) is -3.17. The first kappa shape index (κ1) is 14.5. The third kappa shape index (κ3) is 3.36. The maximum Gasteiger partial charge on any atom is 0.435 e. The first-order valence-corrected chi connectivity index (χ1v) is 6.23. The number of aromatic nitrogens is 2. The van der Waals surface area contributed by atoms with Crippen LogP contribution in [0.25, 0.3) is 0 Å². The van der Waals surface area contributed by atoms with Gasteiger partial charge in [0.15, 0.2) is 5.69 Å². The van der Waals surface area contributed by atoms with Crippen molar-refractivity contribution in [2.24, 2.45) is 5.73 Å². The molecule has 0 aliphatic carbocycles. The molecule has 0 saturated carbocycles. The molecule has 20 heavy (non-hydrogen) atoms. The van der Waals surface area contributed by atoms with Crippen molar-refractivity contribution < 1.29 is 13.2 Å². The van der Waals surface area contributed by atoms with Gasteiger partial charge in [0.1, 0.15) is 0 Å². The van der Waals surface area contributed by atoms with Crippen LogP contribution in [0.4, 0.5) is 13.2 Å². The van der Waals surface area contributed by atoms with E-state index in [4.69, 9.17) is 18.0 Å². The zero-order chi connectivity index (χ0) is 14.8. The lowest BCUT2D eigenvalue weighted by Crippen LogP contribution is -2.24. The third-order valence-electron chi connectivity index (χ3n) is 2.85. The van der Waals surface area contributed by atoms with Crippen LogP contribution in [0.15, 0.2) is 42.6 Å². The van der Waals surface area contributed by atoms with E-state index in [1.54, 1.807) is 0 Å². The second-order valence-electron chi connectivity index (χ2n) is 4.29. The van der Waals surface area contributed by atoms with E-state index in [1.165, 1.54) is 10.9 Å². The summed E-state index contributed by atoms with van der Waals surface area (Å²) in [4.78, 5) is 0.222. The average Bonchev–Trinajstić information content (AvgIpc) is 2.85. The normalized spacial score (nSPS) is 13.2. The Kier molecular flexibility index (Phi) is 4.08. The molecule has 7 heteroatoms. The van der Waals surface area contributed by atoms with E-state index in [2.05, 4.69) is 5.10 Å². The summed E-state index contributed by atoms with van der Waals surface area (Å²) in [7, 11) is 0. The fourth-order valence-electron chi connectivity index (χ4n) is 1.85. The molecule has 1 unspecified atom stereocenters. The van der Waals surface area contributed by atoms with Gasteiger partial charge in [0, 0.05) is 6.20 Å². The van der Waals surface area contributed by atoms with Crippen molar-refractivity contribution in [1.29, 1.82) is 0 Å². The van der Waals surface area contributed by atoms with Crippen LogP contribution in [0.2, 0.25) is 0 Å². The van der Waals surface area contributed by atoms with Crippen LogP contribution in [0.3, 0.4) is 0 Å². The summed E-state index contributed by atoms with van der Waals surface area (Å²) in [5.74, 6) is -0.354. The number of benzene rings is 1. The van der Waals surface area contributed by atoms with Gasteiger partial charge in [0.05, 0.1) is 17.5 Å². The Balaban J connectivity index is 2.22. The second-order valence-corrected chi connectivity index (χ2v) is 4.76. The van der Waals surface area contributed by atoms with E-state index >= 15 is 0 Å². The summed E-state index contributed by atoms with van der Waals surface area (Å²) in [6.45, 7) is 0.176. The van der Waals surface area contributed by atoms with E-state index < -0.39 is 11.9 Å². The number of alkyl halides is 3. The molecular formula is C13H12F3N3S. The van der Waals surface area contributed by atoms with Gasteiger partial charge in [-0.25, -0.2) is 0 Å². The van der Waals surface area contributed by atoms with Crippen molar-refractivity contribution in [2.45, 2.75) is 18.6 Å². The fourth-order valence-corrected chi connectivity index (χ4v) is 2.06. The Morgan fingerprint density at radius 2 is 1.90 bits per heavy atom. The molecule has 0 aliphatic heterocycles. The van der Waals surface area contributed by atoms with E-state index in [0.29, 0.717) is 0 Å². The summed E-state index contributed by atoms with van der Waals surface area (Å²) >= 11 is 4.99. The van der Waals surface area contributed by atoms with Gasteiger partial charge >= 0.3 is 6.18 Å². The monoisotopic (exact) mass is 299 g/mol. The molecule has 1 aromatic heterocycles. The van der Waals surface area contributed by atoms with Gasteiger partial charge in [-0.3, -0.25) is 4.68 Å². The number of halogens is 3. The molecule has 0 bridgehead atoms. The molecule has 2 aromatic rings. The predicted octanol–water partition coefficient (Wildman–Crippen LogP) is 2.97. The van der Waals surface area contributed by atoms with Crippen molar-refractivity contribution >= 4 is 17.2 Å². The molecular weight excluding hydrogens is 287 g/mol. The van der Waals surface area contributed by atoms with Crippen molar-refractivity contribution in [3.63, 3.8) is 0 Å². The van der Waals surface area contributed by atoms with Crippen LogP contribution >= 0.6 is 12.2 Å². The third-order valence-corrected chi connectivity index (χ3v) is 3.13. The molecule has 3 nitrogen and oxygen atoms in total. The molecule has 2 N–H and O–H groups in total. The van der Waals surface area contributed by atoms with Crippen LogP contribution in [0.1, 0.15) is 17.2 Å². The lowest BCUT2D eigenvalue weighted by molar-refractivity contribution is -0.141. The maximum atomic E-state index is 12.5. The van der Waals surface area contributed by atoms with Crippen LogP contribution in [0.5, 0.6) is 0 Å². The standard InChI is InChI=1S/C13H12F3N3S/c14-13(15,16)11-6-7-19(18-11)8-10(12(17)20)9-4-2-1-3-5-9/h1-7,10H,8H2,(H2,17,20). The van der Waals surface area contributed by atoms with Crippen LogP contribution in [-0.4, -0.2) is 14.8 Å². The number of hydrogen-bond acceptors (Lipinski definition) is 2. The molecule has 0 radical (unpaired) electrons. The molecule has 1 heterocycles. The Labute approximate surface area is 119 Å². The first-order chi connectivity index (χ1) is 9.38. The molecule has 0 spiro atoms. The van der Waals surface area contributed by atoms with Gasteiger partial charge in [-0.2, -0.15) is 18.3 Å². The second kappa shape index (κ2) is 5.62. The molecule has 0 saturated heterocycles. The maximum absolute atomic E-state index is 12.5. The van der Waals surface area contributed by atoms with Crippen LogP contribution < -0.4 is 5.73 Å². The average molecular weight is 299 g/mol. The molecule has 1 aromatic carbocycles. The van der Waals surface area contributed by atoms with Gasteiger partial charge in [-0.1, -0.05) is 42.5 Å². The zero-order valence-corrected chi connectivity index (χ0v) is 11.2. The zero-order valence-electron chi connectivity index (χ0n) is 10.3. The highest BCUT2D eigenvalue weighted by atomic mass is 32.1. The minimum absolute atomic E-state index is 0.176. The number of thiocarbonyl (C=S) groups is 1. The smallest absolute Gasteiger partial charge is 0.393 e. The van der Waals surface area contributed by atoms with Crippen molar-refractivity contribution in [3.8, 4) is 0 Å². The fraction of sp³-hybridized carbons (Fsp3) is 0.231.